The third-order valence-electron chi connectivity index (χ3n) is 9.99. The number of carbonyl (C=O) groups is 2. The molecule has 5 heterocycles. The molecule has 8 bridgehead atoms. The molecule has 1 aromatic heterocycles. The molecule has 256 valence electrons. The van der Waals surface area contributed by atoms with E-state index in [-0.39, 0.29) is 44.0 Å². The number of H-pyrrole nitrogens is 1. The number of allylic oxidation sites excluding steroid dienone is 4. The first-order valence-corrected chi connectivity index (χ1v) is 16.8. The maximum absolute atomic E-state index is 12.3. The fraction of sp³-hybridized carbons (Fsp3) is 0.474. The molecule has 0 amide bonds. The Morgan fingerprint density at radius 1 is 0.812 bits per heavy atom. The summed E-state index contributed by atoms with van der Waals surface area (Å²) in [4.78, 5) is 38.5. The van der Waals surface area contributed by atoms with Crippen LogP contribution in [0.1, 0.15) is 76.8 Å². The van der Waals surface area contributed by atoms with Gasteiger partial charge in [-0.15, -0.1) is 0 Å². The number of fused-ring (bicyclic) bond motifs is 6. The minimum atomic E-state index is -0.555. The smallest absolute Gasteiger partial charge is 0.305 e. The van der Waals surface area contributed by atoms with Gasteiger partial charge in [0.25, 0.3) is 0 Å². The lowest BCUT2D eigenvalue weighted by Gasteiger charge is -2.30. The van der Waals surface area contributed by atoms with Gasteiger partial charge in [0.15, 0.2) is 0 Å². The molecule has 0 radical (unpaired) electrons. The highest BCUT2D eigenvalue weighted by atomic mass is 16.5. The van der Waals surface area contributed by atoms with Crippen molar-refractivity contribution in [2.75, 3.05) is 27.4 Å². The number of carbonyl (C=O) groups excluding carboxylic acids is 2. The number of hydrogen-bond donors (Lipinski definition) is 4. The largest absolute Gasteiger partial charge is 0.469 e. The predicted molar refractivity (Wildman–Crippen MR) is 188 cm³/mol. The van der Waals surface area contributed by atoms with Crippen molar-refractivity contribution in [3.05, 3.63) is 79.3 Å². The molecule has 0 saturated heterocycles. The van der Waals surface area contributed by atoms with Crippen molar-refractivity contribution in [2.24, 2.45) is 9.98 Å². The van der Waals surface area contributed by atoms with Gasteiger partial charge in [-0.05, 0) is 124 Å². The standard InChI is InChI=1S/C38H48N4O6/c1-22-17-26-18-30-23(2)27(9-7-15-43)32(39-30)19-31-24(3)28(10-12-36(45)47-5)33(40-31)20-34-29(11-13-37(46)48-6)25(4)35(41-34)21-38(22,42-26)14-8-16-44/h17-21,26,40,42-44H,7-16H2,1-6H3. The molecule has 0 aliphatic carbocycles. The normalized spacial score (nSPS) is 21.7. The van der Waals surface area contributed by atoms with E-state index in [0.717, 1.165) is 72.5 Å². The topological polar surface area (TPSA) is 146 Å². The van der Waals surface area contributed by atoms with E-state index in [1.807, 2.05) is 19.9 Å². The summed E-state index contributed by atoms with van der Waals surface area (Å²) in [5, 5.41) is 25.1. The van der Waals surface area contributed by atoms with Gasteiger partial charge in [0.1, 0.15) is 0 Å². The van der Waals surface area contributed by atoms with Gasteiger partial charge in [0.2, 0.25) is 0 Å². The molecular weight excluding hydrogens is 608 g/mol. The van der Waals surface area contributed by atoms with Crippen LogP contribution in [0.2, 0.25) is 0 Å². The number of nitrogens with one attached hydrogen (secondary N) is 2. The molecule has 4 aliphatic rings. The molecule has 4 aliphatic heterocycles. The minimum absolute atomic E-state index is 0.0650. The molecule has 0 aromatic carbocycles. The van der Waals surface area contributed by atoms with E-state index in [1.165, 1.54) is 14.2 Å². The first-order chi connectivity index (χ1) is 23.0. The van der Waals surface area contributed by atoms with E-state index in [2.05, 4.69) is 48.5 Å². The quantitative estimate of drug-likeness (QED) is 0.199. The minimum Gasteiger partial charge on any atom is -0.469 e. The molecule has 2 atom stereocenters. The van der Waals surface area contributed by atoms with Gasteiger partial charge in [-0.25, -0.2) is 9.98 Å². The van der Waals surface area contributed by atoms with Crippen molar-refractivity contribution in [1.29, 1.82) is 0 Å². The van der Waals surface area contributed by atoms with Crippen molar-refractivity contribution in [1.82, 2.24) is 10.3 Å². The summed E-state index contributed by atoms with van der Waals surface area (Å²) in [6.07, 6.45) is 14.6. The number of methoxy groups -OCH3 is 2. The zero-order valence-corrected chi connectivity index (χ0v) is 29.0. The summed E-state index contributed by atoms with van der Waals surface area (Å²) in [6.45, 7) is 8.43. The van der Waals surface area contributed by atoms with Crippen LogP contribution >= 0.6 is 0 Å². The van der Waals surface area contributed by atoms with Crippen molar-refractivity contribution >= 4 is 35.5 Å². The fourth-order valence-electron chi connectivity index (χ4n) is 7.10. The molecule has 5 rings (SSSR count). The second-order valence-corrected chi connectivity index (χ2v) is 12.9. The van der Waals surface area contributed by atoms with Crippen LogP contribution in [0.5, 0.6) is 0 Å². The summed E-state index contributed by atoms with van der Waals surface area (Å²) in [7, 11) is 2.79. The Morgan fingerprint density at radius 3 is 2.08 bits per heavy atom. The SMILES string of the molecule is COC(=O)CCC1=C(C)C2=CC3(CCCO)NC(C=C4N=C(C=c5[nH]c(c(CCC(=O)OC)c5C)=CC1=N2)C(CCCO)=C4C)C=C3C. The first kappa shape index (κ1) is 35.2. The Morgan fingerprint density at radius 2 is 1.42 bits per heavy atom. The van der Waals surface area contributed by atoms with E-state index >= 15 is 0 Å². The number of nitrogens with zero attached hydrogens (tertiary/aromatic N) is 2. The summed E-state index contributed by atoms with van der Waals surface area (Å²) in [6, 6.07) is -0.108. The number of aromatic nitrogens is 1. The first-order valence-electron chi connectivity index (χ1n) is 16.8. The Labute approximate surface area is 282 Å². The molecule has 1 aromatic rings. The summed E-state index contributed by atoms with van der Waals surface area (Å²) >= 11 is 0. The van der Waals surface area contributed by atoms with Crippen molar-refractivity contribution in [3.8, 4) is 0 Å². The lowest BCUT2D eigenvalue weighted by Crippen LogP contribution is -2.44. The van der Waals surface area contributed by atoms with Crippen LogP contribution in [0.15, 0.2) is 67.5 Å². The molecule has 10 heteroatoms. The number of esters is 2. The molecule has 0 fully saturated rings. The van der Waals surface area contributed by atoms with E-state index < -0.39 is 5.54 Å². The van der Waals surface area contributed by atoms with Gasteiger partial charge in [0, 0.05) is 42.8 Å². The second-order valence-electron chi connectivity index (χ2n) is 12.9. The number of hydrogen-bond acceptors (Lipinski definition) is 9. The van der Waals surface area contributed by atoms with Crippen LogP contribution in [-0.2, 0) is 25.5 Å². The fourth-order valence-corrected chi connectivity index (χ4v) is 7.10. The van der Waals surface area contributed by atoms with Crippen LogP contribution in [-0.4, -0.2) is 77.6 Å². The molecule has 0 spiro atoms. The summed E-state index contributed by atoms with van der Waals surface area (Å²) in [5.41, 5.74) is 9.96. The van der Waals surface area contributed by atoms with Gasteiger partial charge in [-0.1, -0.05) is 11.6 Å². The lowest BCUT2D eigenvalue weighted by molar-refractivity contribution is -0.141. The van der Waals surface area contributed by atoms with Crippen LogP contribution in [0.25, 0.3) is 12.2 Å². The van der Waals surface area contributed by atoms with Gasteiger partial charge < -0.3 is 24.7 Å². The van der Waals surface area contributed by atoms with E-state index in [9.17, 15) is 19.8 Å². The third-order valence-corrected chi connectivity index (χ3v) is 9.99. The molecule has 2 unspecified atom stereocenters. The highest BCUT2D eigenvalue weighted by Gasteiger charge is 2.38. The molecular formula is C38H48N4O6. The maximum Gasteiger partial charge on any atom is 0.305 e. The Bertz CT molecular complexity index is 1830. The number of aliphatic imine (C=N–C) groups is 2. The second kappa shape index (κ2) is 15.0. The summed E-state index contributed by atoms with van der Waals surface area (Å²) in [5.74, 6) is -0.582. The van der Waals surface area contributed by atoms with Gasteiger partial charge in [-0.2, -0.15) is 0 Å². The van der Waals surface area contributed by atoms with Gasteiger partial charge in [-0.3, -0.25) is 14.9 Å². The number of ether oxygens (including phenoxy) is 2. The maximum atomic E-state index is 12.3. The van der Waals surface area contributed by atoms with Crippen molar-refractivity contribution in [2.45, 2.75) is 90.6 Å². The van der Waals surface area contributed by atoms with Gasteiger partial charge >= 0.3 is 11.9 Å². The highest BCUT2D eigenvalue weighted by Crippen LogP contribution is 2.38. The highest BCUT2D eigenvalue weighted by molar-refractivity contribution is 6.24. The van der Waals surface area contributed by atoms with Crippen LogP contribution < -0.4 is 16.0 Å². The monoisotopic (exact) mass is 656 g/mol. The molecule has 0 saturated carbocycles. The number of aromatic amines is 1. The average Bonchev–Trinajstić information content (AvgIpc) is 3.73. The zero-order valence-electron chi connectivity index (χ0n) is 29.0. The van der Waals surface area contributed by atoms with Crippen LogP contribution in [0.3, 0.4) is 0 Å². The zero-order chi connectivity index (χ0) is 34.6. The molecule has 48 heavy (non-hydrogen) atoms. The van der Waals surface area contributed by atoms with Crippen molar-refractivity contribution in [3.63, 3.8) is 0 Å². The number of aliphatic hydroxyl groups is 2. The molecule has 10 nitrogen and oxygen atoms in total. The third kappa shape index (κ3) is 7.16. The number of rotatable bonds is 12. The van der Waals surface area contributed by atoms with Gasteiger partial charge in [0.05, 0.1) is 42.6 Å². The van der Waals surface area contributed by atoms with E-state index in [1.54, 1.807) is 0 Å². The van der Waals surface area contributed by atoms with Crippen molar-refractivity contribution < 1.29 is 29.3 Å². The Kier molecular flexibility index (Phi) is 11.0. The van der Waals surface area contributed by atoms with E-state index in [4.69, 9.17) is 19.5 Å². The lowest BCUT2D eigenvalue weighted by atomic mass is 9.86. The van der Waals surface area contributed by atoms with Crippen LogP contribution in [0, 0.1) is 6.92 Å². The Hall–Kier alpha value is -4.12. The van der Waals surface area contributed by atoms with E-state index in [0.29, 0.717) is 38.5 Å². The number of aliphatic hydroxyl groups excluding tert-OH is 2. The van der Waals surface area contributed by atoms with Crippen LogP contribution in [0.4, 0.5) is 0 Å². The Balaban J connectivity index is 1.79. The summed E-state index contributed by atoms with van der Waals surface area (Å²) < 4.78 is 9.95. The average molecular weight is 657 g/mol. The predicted octanol–water partition coefficient (Wildman–Crippen LogP) is 3.47. The molecule has 4 N–H and O–H groups in total.